The van der Waals surface area contributed by atoms with Crippen molar-refractivity contribution in [2.45, 2.75) is 6.61 Å². The fraction of sp³-hybridized carbons (Fsp3) is 0.0769. The Morgan fingerprint density at radius 2 is 1.79 bits per heavy atom. The Morgan fingerprint density at radius 3 is 2.50 bits per heavy atom. The van der Waals surface area contributed by atoms with Crippen LogP contribution in [0.2, 0.25) is 5.02 Å². The third-order valence-electron chi connectivity index (χ3n) is 5.04. The molecule has 0 saturated heterocycles. The summed E-state index contributed by atoms with van der Waals surface area (Å²) in [5.41, 5.74) is 4.22. The van der Waals surface area contributed by atoms with Crippen molar-refractivity contribution < 1.29 is 19.4 Å². The number of ether oxygens (including phenoxy) is 2. The van der Waals surface area contributed by atoms with Crippen molar-refractivity contribution in [2.75, 3.05) is 7.11 Å². The maximum atomic E-state index is 12.5. The number of phenolic OH excluding ortho intramolecular Hbond substituents is 1. The molecule has 0 radical (unpaired) electrons. The summed E-state index contributed by atoms with van der Waals surface area (Å²) in [6.45, 7) is 0.338. The number of nitrogens with one attached hydrogen (secondary N) is 1. The summed E-state index contributed by atoms with van der Waals surface area (Å²) in [5, 5.41) is 16.6. The van der Waals surface area contributed by atoms with Crippen LogP contribution in [0.1, 0.15) is 21.5 Å². The van der Waals surface area contributed by atoms with Crippen molar-refractivity contribution in [3.8, 4) is 17.2 Å². The number of hydrogen-bond acceptors (Lipinski definition) is 5. The van der Waals surface area contributed by atoms with Gasteiger partial charge in [-0.1, -0.05) is 48.0 Å². The monoisotopic (exact) mass is 538 g/mol. The van der Waals surface area contributed by atoms with Crippen molar-refractivity contribution >= 4 is 50.4 Å². The molecule has 0 saturated carbocycles. The van der Waals surface area contributed by atoms with E-state index in [2.05, 4.69) is 26.5 Å². The normalized spacial score (nSPS) is 11.0. The minimum absolute atomic E-state index is 0.113. The van der Waals surface area contributed by atoms with E-state index in [1.54, 1.807) is 43.5 Å². The molecule has 172 valence electrons. The van der Waals surface area contributed by atoms with Crippen LogP contribution in [-0.2, 0) is 6.61 Å². The number of amides is 1. The predicted octanol–water partition coefficient (Wildman–Crippen LogP) is 6.31. The van der Waals surface area contributed by atoms with Crippen molar-refractivity contribution in [1.29, 1.82) is 0 Å². The van der Waals surface area contributed by atoms with Crippen LogP contribution < -0.4 is 14.9 Å². The van der Waals surface area contributed by atoms with Crippen LogP contribution in [0, 0.1) is 0 Å². The van der Waals surface area contributed by atoms with Crippen molar-refractivity contribution in [2.24, 2.45) is 5.10 Å². The topological polar surface area (TPSA) is 80.2 Å². The molecular weight excluding hydrogens is 520 g/mol. The van der Waals surface area contributed by atoms with E-state index in [1.165, 1.54) is 6.21 Å². The summed E-state index contributed by atoms with van der Waals surface area (Å²) in [7, 11) is 1.54. The van der Waals surface area contributed by atoms with Gasteiger partial charge in [-0.15, -0.1) is 0 Å². The van der Waals surface area contributed by atoms with Crippen molar-refractivity contribution in [1.82, 2.24) is 5.43 Å². The van der Waals surface area contributed by atoms with E-state index in [0.717, 1.165) is 16.3 Å². The van der Waals surface area contributed by atoms with Crippen LogP contribution in [0.15, 0.2) is 82.4 Å². The summed E-state index contributed by atoms with van der Waals surface area (Å²) in [4.78, 5) is 12.5. The second kappa shape index (κ2) is 10.6. The number of hydrazone groups is 1. The number of phenols is 1. The number of hydrogen-bond donors (Lipinski definition) is 2. The van der Waals surface area contributed by atoms with E-state index in [9.17, 15) is 9.90 Å². The maximum absolute atomic E-state index is 12.5. The Morgan fingerprint density at radius 1 is 1.09 bits per heavy atom. The molecule has 0 heterocycles. The van der Waals surface area contributed by atoms with E-state index in [0.29, 0.717) is 33.2 Å². The molecular formula is C26H20BrClN2O4. The number of carbonyl (C=O) groups excluding carboxylic acids is 1. The molecule has 8 heteroatoms. The highest BCUT2D eigenvalue weighted by molar-refractivity contribution is 9.10. The molecule has 4 aromatic carbocycles. The Bertz CT molecular complexity index is 1370. The lowest BCUT2D eigenvalue weighted by Gasteiger charge is -2.13. The second-order valence-electron chi connectivity index (χ2n) is 7.36. The number of fused-ring (bicyclic) bond motifs is 1. The minimum Gasteiger partial charge on any atom is -0.507 e. The number of methoxy groups -OCH3 is 1. The Labute approximate surface area is 209 Å². The average Bonchev–Trinajstić information content (AvgIpc) is 2.83. The standard InChI is InChI=1S/C26H20BrClN2O4/c1-33-24-11-17(10-22(27)25(24)34-15-16-6-8-20(28)9-7-16)14-29-30-26(32)21-12-18-4-2-3-5-19(18)13-23(21)31/h2-14,31H,15H2,1H3,(H,30,32)/b29-14+. The Balaban J connectivity index is 1.46. The van der Waals surface area contributed by atoms with Crippen LogP contribution in [0.25, 0.3) is 10.8 Å². The average molecular weight is 540 g/mol. The first kappa shape index (κ1) is 23.6. The molecule has 0 aliphatic heterocycles. The molecule has 2 N–H and O–H groups in total. The van der Waals surface area contributed by atoms with Gasteiger partial charge in [-0.05, 0) is 74.2 Å². The first-order chi connectivity index (χ1) is 16.4. The molecule has 4 rings (SSSR count). The maximum Gasteiger partial charge on any atom is 0.275 e. The highest BCUT2D eigenvalue weighted by Gasteiger charge is 2.13. The van der Waals surface area contributed by atoms with Crippen LogP contribution in [0.5, 0.6) is 17.2 Å². The second-order valence-corrected chi connectivity index (χ2v) is 8.66. The lowest BCUT2D eigenvalue weighted by Crippen LogP contribution is -2.17. The first-order valence-electron chi connectivity index (χ1n) is 10.2. The summed E-state index contributed by atoms with van der Waals surface area (Å²) >= 11 is 9.43. The van der Waals surface area contributed by atoms with Gasteiger partial charge in [0.1, 0.15) is 12.4 Å². The lowest BCUT2D eigenvalue weighted by atomic mass is 10.1. The van der Waals surface area contributed by atoms with Crippen molar-refractivity contribution in [3.63, 3.8) is 0 Å². The van der Waals surface area contributed by atoms with Gasteiger partial charge < -0.3 is 14.6 Å². The number of halogens is 2. The molecule has 0 unspecified atom stereocenters. The zero-order chi connectivity index (χ0) is 24.1. The third-order valence-corrected chi connectivity index (χ3v) is 5.88. The molecule has 1 amide bonds. The molecule has 0 aliphatic rings. The number of rotatable bonds is 7. The fourth-order valence-electron chi connectivity index (χ4n) is 3.33. The summed E-state index contributed by atoms with van der Waals surface area (Å²) in [6.07, 6.45) is 1.48. The van der Waals surface area contributed by atoms with Gasteiger partial charge in [0.25, 0.3) is 5.91 Å². The highest BCUT2D eigenvalue weighted by Crippen LogP contribution is 2.37. The SMILES string of the molecule is COc1cc(/C=N/NC(=O)c2cc3ccccc3cc2O)cc(Br)c1OCc1ccc(Cl)cc1. The molecule has 6 nitrogen and oxygen atoms in total. The van der Waals surface area contributed by atoms with E-state index < -0.39 is 5.91 Å². The number of carbonyl (C=O) groups is 1. The van der Waals surface area contributed by atoms with Gasteiger partial charge in [0.2, 0.25) is 0 Å². The molecule has 0 fully saturated rings. The highest BCUT2D eigenvalue weighted by atomic mass is 79.9. The molecule has 0 atom stereocenters. The van der Waals surface area contributed by atoms with Crippen LogP contribution >= 0.6 is 27.5 Å². The van der Waals surface area contributed by atoms with Gasteiger partial charge in [-0.2, -0.15) is 5.10 Å². The number of benzene rings is 4. The van der Waals surface area contributed by atoms with Crippen LogP contribution in [0.4, 0.5) is 0 Å². The molecule has 4 aromatic rings. The van der Waals surface area contributed by atoms with Gasteiger partial charge in [0.15, 0.2) is 11.5 Å². The summed E-state index contributed by atoms with van der Waals surface area (Å²) < 4.78 is 12.1. The summed E-state index contributed by atoms with van der Waals surface area (Å²) in [5.74, 6) is 0.412. The number of aromatic hydroxyl groups is 1. The zero-order valence-corrected chi connectivity index (χ0v) is 20.4. The van der Waals surface area contributed by atoms with E-state index in [-0.39, 0.29) is 11.3 Å². The largest absolute Gasteiger partial charge is 0.507 e. The molecule has 34 heavy (non-hydrogen) atoms. The predicted molar refractivity (Wildman–Crippen MR) is 137 cm³/mol. The third kappa shape index (κ3) is 5.50. The van der Waals surface area contributed by atoms with Gasteiger partial charge in [-0.25, -0.2) is 5.43 Å². The Hall–Kier alpha value is -3.55. The molecule has 0 spiro atoms. The van der Waals surface area contributed by atoms with Gasteiger partial charge in [-0.3, -0.25) is 4.79 Å². The van der Waals surface area contributed by atoms with E-state index in [4.69, 9.17) is 21.1 Å². The zero-order valence-electron chi connectivity index (χ0n) is 18.1. The van der Waals surface area contributed by atoms with Crippen LogP contribution in [0.3, 0.4) is 0 Å². The quantitative estimate of drug-likeness (QED) is 0.213. The van der Waals surface area contributed by atoms with Crippen molar-refractivity contribution in [3.05, 3.63) is 99.0 Å². The smallest absolute Gasteiger partial charge is 0.275 e. The number of nitrogens with zero attached hydrogens (tertiary/aromatic N) is 1. The minimum atomic E-state index is -0.520. The van der Waals surface area contributed by atoms with Gasteiger partial charge in [0.05, 0.1) is 23.4 Å². The first-order valence-corrected chi connectivity index (χ1v) is 11.4. The van der Waals surface area contributed by atoms with Gasteiger partial charge >= 0.3 is 0 Å². The van der Waals surface area contributed by atoms with E-state index in [1.807, 2.05) is 36.4 Å². The van der Waals surface area contributed by atoms with Crippen LogP contribution in [-0.4, -0.2) is 24.3 Å². The van der Waals surface area contributed by atoms with Gasteiger partial charge in [0, 0.05) is 5.02 Å². The fourth-order valence-corrected chi connectivity index (χ4v) is 4.03. The summed E-state index contributed by atoms with van der Waals surface area (Å²) in [6, 6.07) is 21.6. The molecule has 0 aliphatic carbocycles. The lowest BCUT2D eigenvalue weighted by molar-refractivity contribution is 0.0952. The molecule has 0 bridgehead atoms. The van der Waals surface area contributed by atoms with E-state index >= 15 is 0 Å². The Kier molecular flexibility index (Phi) is 7.35. The molecule has 0 aromatic heterocycles.